The summed E-state index contributed by atoms with van der Waals surface area (Å²) in [6.45, 7) is 0. The van der Waals surface area contributed by atoms with E-state index in [2.05, 4.69) is 0 Å². The number of rotatable bonds is 2. The average Bonchev–Trinajstić information content (AvgIpc) is 2.39. The molecule has 0 aromatic carbocycles. The SMILES string of the molecule is COC1=COc2sc(cc2OC)C1. The van der Waals surface area contributed by atoms with Gasteiger partial charge in [0.05, 0.1) is 14.2 Å². The van der Waals surface area contributed by atoms with Crippen molar-refractivity contribution in [3.05, 3.63) is 23.0 Å². The summed E-state index contributed by atoms with van der Waals surface area (Å²) in [6, 6.07) is 1.98. The van der Waals surface area contributed by atoms with Crippen LogP contribution in [0.1, 0.15) is 4.88 Å². The van der Waals surface area contributed by atoms with E-state index in [9.17, 15) is 0 Å². The maximum Gasteiger partial charge on any atom is 0.222 e. The van der Waals surface area contributed by atoms with Gasteiger partial charge in [0.15, 0.2) is 5.75 Å². The predicted molar refractivity (Wildman–Crippen MR) is 50.3 cm³/mol. The fourth-order valence-corrected chi connectivity index (χ4v) is 2.13. The molecular formula is C9H10O3S. The van der Waals surface area contributed by atoms with Crippen LogP contribution in [-0.2, 0) is 11.2 Å². The molecule has 0 N–H and O–H groups in total. The molecule has 2 rings (SSSR count). The van der Waals surface area contributed by atoms with Crippen LogP contribution in [0.4, 0.5) is 0 Å². The Morgan fingerprint density at radius 1 is 1.38 bits per heavy atom. The van der Waals surface area contributed by atoms with Crippen LogP contribution in [0.3, 0.4) is 0 Å². The molecule has 3 nitrogen and oxygen atoms in total. The Balaban J connectivity index is 2.31. The van der Waals surface area contributed by atoms with Crippen LogP contribution in [0, 0.1) is 0 Å². The summed E-state index contributed by atoms with van der Waals surface area (Å²) in [5.74, 6) is 1.63. The third kappa shape index (κ3) is 1.49. The zero-order valence-corrected chi connectivity index (χ0v) is 8.31. The van der Waals surface area contributed by atoms with E-state index in [1.165, 1.54) is 4.88 Å². The largest absolute Gasteiger partial charge is 0.497 e. The van der Waals surface area contributed by atoms with Gasteiger partial charge in [0.1, 0.15) is 12.0 Å². The fraction of sp³-hybridized carbons (Fsp3) is 0.333. The van der Waals surface area contributed by atoms with Gasteiger partial charge < -0.3 is 14.2 Å². The van der Waals surface area contributed by atoms with Crippen molar-refractivity contribution >= 4 is 11.3 Å². The van der Waals surface area contributed by atoms with E-state index < -0.39 is 0 Å². The topological polar surface area (TPSA) is 27.7 Å². The van der Waals surface area contributed by atoms with Gasteiger partial charge in [-0.25, -0.2) is 0 Å². The van der Waals surface area contributed by atoms with E-state index in [4.69, 9.17) is 14.2 Å². The highest BCUT2D eigenvalue weighted by Gasteiger charge is 2.15. The molecule has 0 unspecified atom stereocenters. The van der Waals surface area contributed by atoms with Crippen LogP contribution in [0.5, 0.6) is 10.8 Å². The second-order valence-corrected chi connectivity index (χ2v) is 3.75. The van der Waals surface area contributed by atoms with E-state index in [1.54, 1.807) is 31.8 Å². The third-order valence-corrected chi connectivity index (χ3v) is 2.85. The van der Waals surface area contributed by atoms with Crippen LogP contribution >= 0.6 is 11.3 Å². The van der Waals surface area contributed by atoms with Crippen molar-refractivity contribution in [3.8, 4) is 10.8 Å². The van der Waals surface area contributed by atoms with Crippen LogP contribution in [0.25, 0.3) is 0 Å². The summed E-state index contributed by atoms with van der Waals surface area (Å²) < 4.78 is 15.6. The summed E-state index contributed by atoms with van der Waals surface area (Å²) in [6.07, 6.45) is 2.40. The molecule has 70 valence electrons. The summed E-state index contributed by atoms with van der Waals surface area (Å²) in [4.78, 5) is 1.19. The van der Waals surface area contributed by atoms with E-state index in [1.807, 2.05) is 6.07 Å². The normalized spacial score (nSPS) is 14.2. The van der Waals surface area contributed by atoms with E-state index in [0.717, 1.165) is 23.0 Å². The highest BCUT2D eigenvalue weighted by molar-refractivity contribution is 7.14. The van der Waals surface area contributed by atoms with E-state index in [0.29, 0.717) is 0 Å². The average molecular weight is 198 g/mol. The van der Waals surface area contributed by atoms with Crippen molar-refractivity contribution in [1.29, 1.82) is 0 Å². The second-order valence-electron chi connectivity index (χ2n) is 2.65. The molecule has 1 aliphatic heterocycles. The van der Waals surface area contributed by atoms with Gasteiger partial charge in [0, 0.05) is 11.3 Å². The highest BCUT2D eigenvalue weighted by atomic mass is 32.1. The third-order valence-electron chi connectivity index (χ3n) is 1.85. The molecule has 4 heteroatoms. The summed E-state index contributed by atoms with van der Waals surface area (Å²) in [7, 11) is 3.28. The number of thiophene rings is 1. The van der Waals surface area contributed by atoms with E-state index in [-0.39, 0.29) is 0 Å². The lowest BCUT2D eigenvalue weighted by Crippen LogP contribution is -1.94. The van der Waals surface area contributed by atoms with Crippen LogP contribution in [-0.4, -0.2) is 14.2 Å². The lowest BCUT2D eigenvalue weighted by molar-refractivity contribution is 0.265. The van der Waals surface area contributed by atoms with Crippen molar-refractivity contribution in [3.63, 3.8) is 0 Å². The number of fused-ring (bicyclic) bond motifs is 2. The van der Waals surface area contributed by atoms with Crippen molar-refractivity contribution < 1.29 is 14.2 Å². The zero-order valence-electron chi connectivity index (χ0n) is 7.49. The molecule has 13 heavy (non-hydrogen) atoms. The maximum atomic E-state index is 5.38. The molecule has 0 aliphatic carbocycles. The Bertz CT molecular complexity index is 341. The maximum absolute atomic E-state index is 5.38. The van der Waals surface area contributed by atoms with Crippen molar-refractivity contribution in [1.82, 2.24) is 0 Å². The Morgan fingerprint density at radius 2 is 2.23 bits per heavy atom. The van der Waals surface area contributed by atoms with Crippen molar-refractivity contribution in [2.45, 2.75) is 6.42 Å². The van der Waals surface area contributed by atoms with Gasteiger partial charge in [-0.3, -0.25) is 0 Å². The van der Waals surface area contributed by atoms with Crippen LogP contribution in [0.15, 0.2) is 18.1 Å². The second kappa shape index (κ2) is 3.30. The molecular weight excluding hydrogens is 188 g/mol. The highest BCUT2D eigenvalue weighted by Crippen LogP contribution is 2.40. The first-order valence-corrected chi connectivity index (χ1v) is 4.71. The van der Waals surface area contributed by atoms with Crippen molar-refractivity contribution in [2.24, 2.45) is 0 Å². The Morgan fingerprint density at radius 3 is 2.92 bits per heavy atom. The Kier molecular flexibility index (Phi) is 2.14. The first kappa shape index (κ1) is 8.44. The van der Waals surface area contributed by atoms with Crippen molar-refractivity contribution in [2.75, 3.05) is 14.2 Å². The molecule has 0 saturated heterocycles. The molecule has 0 amide bonds. The molecule has 2 bridgehead atoms. The minimum atomic E-state index is 0.775. The number of allylic oxidation sites excluding steroid dienone is 1. The minimum absolute atomic E-state index is 0.775. The summed E-state index contributed by atoms with van der Waals surface area (Å²) in [5.41, 5.74) is 0. The van der Waals surface area contributed by atoms with E-state index >= 15 is 0 Å². The fourth-order valence-electron chi connectivity index (χ4n) is 1.17. The smallest absolute Gasteiger partial charge is 0.222 e. The minimum Gasteiger partial charge on any atom is -0.497 e. The molecule has 1 aromatic rings. The quantitative estimate of drug-likeness (QED) is 0.729. The Hall–Kier alpha value is -1.16. The molecule has 1 aromatic heterocycles. The zero-order chi connectivity index (χ0) is 9.26. The Labute approximate surface area is 80.5 Å². The number of ether oxygens (including phenoxy) is 3. The van der Waals surface area contributed by atoms with Gasteiger partial charge in [-0.15, -0.1) is 0 Å². The summed E-state index contributed by atoms with van der Waals surface area (Å²) in [5, 5.41) is 0.796. The van der Waals surface area contributed by atoms with Crippen LogP contribution in [0.2, 0.25) is 0 Å². The monoisotopic (exact) mass is 198 g/mol. The van der Waals surface area contributed by atoms with Gasteiger partial charge in [-0.05, 0) is 6.07 Å². The predicted octanol–water partition coefficient (Wildman–Crippen LogP) is 2.18. The van der Waals surface area contributed by atoms with Crippen LogP contribution < -0.4 is 9.47 Å². The van der Waals surface area contributed by atoms with Gasteiger partial charge in [-0.2, -0.15) is 0 Å². The van der Waals surface area contributed by atoms with Gasteiger partial charge in [0.2, 0.25) is 5.06 Å². The lowest BCUT2D eigenvalue weighted by Gasteiger charge is -2.04. The standard InChI is InChI=1S/C9H10O3S/c1-10-6-3-7-4-8(11-2)9(13-7)12-5-6/h4-5H,3H2,1-2H3. The number of hydrogen-bond donors (Lipinski definition) is 0. The molecule has 0 spiro atoms. The van der Waals surface area contributed by atoms with Gasteiger partial charge in [-0.1, -0.05) is 11.3 Å². The van der Waals surface area contributed by atoms with Gasteiger partial charge >= 0.3 is 0 Å². The first-order chi connectivity index (χ1) is 6.33. The molecule has 0 atom stereocenters. The molecule has 0 saturated carbocycles. The van der Waals surface area contributed by atoms with Gasteiger partial charge in [0.25, 0.3) is 0 Å². The molecule has 0 fully saturated rings. The molecule has 2 heterocycles. The molecule has 0 radical (unpaired) electrons. The lowest BCUT2D eigenvalue weighted by atomic mass is 10.3. The number of methoxy groups -OCH3 is 2. The molecule has 1 aliphatic rings. The number of hydrogen-bond acceptors (Lipinski definition) is 4. The summed E-state index contributed by atoms with van der Waals surface area (Å²) >= 11 is 1.59. The first-order valence-electron chi connectivity index (χ1n) is 3.90.